The zero-order valence-electron chi connectivity index (χ0n) is 17.9. The molecule has 0 aliphatic carbocycles. The Labute approximate surface area is 189 Å². The number of benzene rings is 3. The van der Waals surface area contributed by atoms with Gasteiger partial charge < -0.3 is 4.42 Å². The summed E-state index contributed by atoms with van der Waals surface area (Å²) in [6.07, 6.45) is 0. The number of hydrazone groups is 1. The number of para-hydroxylation sites is 1. The highest BCUT2D eigenvalue weighted by Crippen LogP contribution is 2.19. The molecular formula is C26H20N4O3. The Morgan fingerprint density at radius 3 is 2.45 bits per heavy atom. The van der Waals surface area contributed by atoms with E-state index < -0.39 is 5.91 Å². The van der Waals surface area contributed by atoms with Crippen molar-refractivity contribution in [1.29, 1.82) is 0 Å². The van der Waals surface area contributed by atoms with Crippen LogP contribution in [0.3, 0.4) is 0 Å². The molecule has 0 bridgehead atoms. The zero-order valence-corrected chi connectivity index (χ0v) is 17.9. The van der Waals surface area contributed by atoms with Crippen LogP contribution in [0.1, 0.15) is 28.7 Å². The third kappa shape index (κ3) is 4.04. The minimum absolute atomic E-state index is 0.127. The third-order valence-corrected chi connectivity index (χ3v) is 5.37. The fourth-order valence-corrected chi connectivity index (χ4v) is 3.67. The van der Waals surface area contributed by atoms with E-state index >= 15 is 0 Å². The first-order valence-corrected chi connectivity index (χ1v) is 10.5. The summed E-state index contributed by atoms with van der Waals surface area (Å²) in [4.78, 5) is 26.0. The van der Waals surface area contributed by atoms with Gasteiger partial charge >= 0.3 is 0 Å². The molecule has 7 nitrogen and oxygen atoms in total. The third-order valence-electron chi connectivity index (χ3n) is 5.37. The maximum Gasteiger partial charge on any atom is 0.292 e. The van der Waals surface area contributed by atoms with Gasteiger partial charge in [0.2, 0.25) is 0 Å². The van der Waals surface area contributed by atoms with E-state index in [0.29, 0.717) is 22.2 Å². The Kier molecular flexibility index (Phi) is 5.28. The number of hydrogen-bond acceptors (Lipinski definition) is 5. The van der Waals surface area contributed by atoms with Gasteiger partial charge in [-0.15, -0.1) is 0 Å². The Bertz CT molecular complexity index is 1530. The summed E-state index contributed by atoms with van der Waals surface area (Å²) in [6.45, 7) is 2.01. The predicted octanol–water partition coefficient (Wildman–Crippen LogP) is 4.35. The van der Waals surface area contributed by atoms with Gasteiger partial charge in [0.1, 0.15) is 11.3 Å². The van der Waals surface area contributed by atoms with Gasteiger partial charge in [-0.05, 0) is 30.7 Å². The first-order valence-electron chi connectivity index (χ1n) is 10.5. The van der Waals surface area contributed by atoms with E-state index in [1.807, 2.05) is 60.7 Å². The molecule has 1 amide bonds. The molecule has 0 spiro atoms. The van der Waals surface area contributed by atoms with Crippen molar-refractivity contribution in [2.45, 2.75) is 13.5 Å². The largest absolute Gasteiger partial charge is 0.455 e. The number of amides is 1. The first kappa shape index (κ1) is 20.4. The molecule has 0 saturated carbocycles. The number of carbonyl (C=O) groups is 1. The van der Waals surface area contributed by atoms with Crippen molar-refractivity contribution in [3.63, 3.8) is 0 Å². The smallest absolute Gasteiger partial charge is 0.292 e. The predicted molar refractivity (Wildman–Crippen MR) is 127 cm³/mol. The van der Waals surface area contributed by atoms with Gasteiger partial charge in [0.15, 0.2) is 11.5 Å². The van der Waals surface area contributed by atoms with Crippen LogP contribution >= 0.6 is 0 Å². The van der Waals surface area contributed by atoms with Crippen molar-refractivity contribution in [1.82, 2.24) is 15.2 Å². The summed E-state index contributed by atoms with van der Waals surface area (Å²) in [5.41, 5.74) is 4.60. The molecule has 33 heavy (non-hydrogen) atoms. The molecule has 7 heteroatoms. The van der Waals surface area contributed by atoms with Crippen molar-refractivity contribution in [2.75, 3.05) is 0 Å². The van der Waals surface area contributed by atoms with Crippen LogP contribution in [0.15, 0.2) is 99.2 Å². The van der Waals surface area contributed by atoms with E-state index in [4.69, 9.17) is 4.42 Å². The van der Waals surface area contributed by atoms with Crippen molar-refractivity contribution in [3.8, 4) is 0 Å². The zero-order chi connectivity index (χ0) is 22.8. The van der Waals surface area contributed by atoms with Crippen molar-refractivity contribution in [2.24, 2.45) is 5.10 Å². The molecule has 0 aliphatic rings. The van der Waals surface area contributed by atoms with Gasteiger partial charge in [0.25, 0.3) is 11.5 Å². The average Bonchev–Trinajstić information content (AvgIpc) is 3.29. The molecule has 162 valence electrons. The van der Waals surface area contributed by atoms with Crippen LogP contribution in [0.5, 0.6) is 0 Å². The summed E-state index contributed by atoms with van der Waals surface area (Å²) < 4.78 is 7.10. The number of furan rings is 1. The van der Waals surface area contributed by atoms with E-state index in [2.05, 4.69) is 15.6 Å². The Morgan fingerprint density at radius 1 is 0.970 bits per heavy atom. The fraction of sp³-hybridized carbons (Fsp3) is 0.0769. The molecule has 2 heterocycles. The van der Waals surface area contributed by atoms with Crippen LogP contribution in [0.4, 0.5) is 0 Å². The quantitative estimate of drug-likeness (QED) is 0.328. The first-order chi connectivity index (χ1) is 16.1. The standard InChI is InChI=1S/C26H20N4O3/c1-17(23-15-19-11-5-8-14-22(19)33-23)27-28-25(31)24-20-12-6-7-13-21(20)26(32)30(29-24)16-18-9-3-2-4-10-18/h2-15H,16H2,1H3,(H,28,31)/b27-17-. The highest BCUT2D eigenvalue weighted by Gasteiger charge is 2.17. The second-order valence-corrected chi connectivity index (χ2v) is 7.63. The van der Waals surface area contributed by atoms with Gasteiger partial charge in [-0.1, -0.05) is 66.7 Å². The fourth-order valence-electron chi connectivity index (χ4n) is 3.67. The summed E-state index contributed by atoms with van der Waals surface area (Å²) in [5.74, 6) is 0.0480. The van der Waals surface area contributed by atoms with Gasteiger partial charge in [0, 0.05) is 10.8 Å². The lowest BCUT2D eigenvalue weighted by Crippen LogP contribution is -2.29. The van der Waals surface area contributed by atoms with E-state index in [9.17, 15) is 9.59 Å². The van der Waals surface area contributed by atoms with E-state index in [1.54, 1.807) is 31.2 Å². The summed E-state index contributed by atoms with van der Waals surface area (Å²) >= 11 is 0. The van der Waals surface area contributed by atoms with Gasteiger partial charge in [0.05, 0.1) is 11.9 Å². The molecule has 0 radical (unpaired) electrons. The molecule has 2 aromatic heterocycles. The second-order valence-electron chi connectivity index (χ2n) is 7.63. The van der Waals surface area contributed by atoms with Crippen LogP contribution in [0.25, 0.3) is 21.7 Å². The lowest BCUT2D eigenvalue weighted by atomic mass is 10.1. The Hall–Kier alpha value is -4.52. The number of carbonyl (C=O) groups excluding carboxylic acids is 1. The maximum atomic E-state index is 13.1. The lowest BCUT2D eigenvalue weighted by molar-refractivity contribution is 0.0949. The highest BCUT2D eigenvalue weighted by molar-refractivity contribution is 6.06. The lowest BCUT2D eigenvalue weighted by Gasteiger charge is -2.10. The van der Waals surface area contributed by atoms with E-state index in [-0.39, 0.29) is 17.8 Å². The molecule has 0 unspecified atom stereocenters. The molecular weight excluding hydrogens is 416 g/mol. The highest BCUT2D eigenvalue weighted by atomic mass is 16.3. The number of hydrogen-bond donors (Lipinski definition) is 1. The molecule has 0 fully saturated rings. The second kappa shape index (κ2) is 8.55. The molecule has 3 aromatic carbocycles. The number of nitrogens with zero attached hydrogens (tertiary/aromatic N) is 3. The number of aromatic nitrogens is 2. The van der Waals surface area contributed by atoms with Crippen LogP contribution in [0, 0.1) is 0 Å². The summed E-state index contributed by atoms with van der Waals surface area (Å²) in [6, 6.07) is 26.0. The van der Waals surface area contributed by atoms with Crippen LogP contribution < -0.4 is 11.0 Å². The van der Waals surface area contributed by atoms with Gasteiger partial charge in [-0.3, -0.25) is 9.59 Å². The van der Waals surface area contributed by atoms with Gasteiger partial charge in [-0.2, -0.15) is 10.2 Å². The van der Waals surface area contributed by atoms with Crippen molar-refractivity contribution < 1.29 is 9.21 Å². The van der Waals surface area contributed by atoms with Gasteiger partial charge in [-0.25, -0.2) is 10.1 Å². The topological polar surface area (TPSA) is 89.5 Å². The minimum Gasteiger partial charge on any atom is -0.455 e. The van der Waals surface area contributed by atoms with Crippen LogP contribution in [0.2, 0.25) is 0 Å². The summed E-state index contributed by atoms with van der Waals surface area (Å²) in [5, 5.41) is 10.4. The number of fused-ring (bicyclic) bond motifs is 2. The van der Waals surface area contributed by atoms with Crippen molar-refractivity contribution >= 4 is 33.4 Å². The SMILES string of the molecule is C/C(=N/NC(=O)c1nn(Cc2ccccc2)c(=O)c2ccccc12)c1cc2ccccc2o1. The monoisotopic (exact) mass is 436 g/mol. The molecule has 0 saturated heterocycles. The number of rotatable bonds is 5. The van der Waals surface area contributed by atoms with Crippen molar-refractivity contribution in [3.05, 3.63) is 112 Å². The molecule has 5 rings (SSSR count). The minimum atomic E-state index is -0.511. The number of nitrogens with one attached hydrogen (secondary N) is 1. The van der Waals surface area contributed by atoms with E-state index in [1.165, 1.54) is 4.68 Å². The molecule has 0 aliphatic heterocycles. The molecule has 0 atom stereocenters. The maximum absolute atomic E-state index is 13.1. The van der Waals surface area contributed by atoms with Crippen LogP contribution in [-0.4, -0.2) is 21.4 Å². The molecule has 1 N–H and O–H groups in total. The van der Waals surface area contributed by atoms with E-state index in [0.717, 1.165) is 16.5 Å². The van der Waals surface area contributed by atoms with Crippen LogP contribution in [-0.2, 0) is 6.54 Å². The summed E-state index contributed by atoms with van der Waals surface area (Å²) in [7, 11) is 0. The normalized spacial score (nSPS) is 11.7. The molecule has 5 aromatic rings. The Balaban J connectivity index is 1.49. The average molecular weight is 436 g/mol. The Morgan fingerprint density at radius 2 is 1.67 bits per heavy atom.